The van der Waals surface area contributed by atoms with Crippen molar-refractivity contribution in [1.82, 2.24) is 19.7 Å². The predicted octanol–water partition coefficient (Wildman–Crippen LogP) is 0.516. The van der Waals surface area contributed by atoms with Crippen LogP contribution < -0.4 is 5.32 Å². The predicted molar refractivity (Wildman–Crippen MR) is 66.6 cm³/mol. The van der Waals surface area contributed by atoms with Crippen LogP contribution in [0.1, 0.15) is 19.3 Å². The van der Waals surface area contributed by atoms with Gasteiger partial charge in [-0.2, -0.15) is 5.10 Å². The molecule has 0 radical (unpaired) electrons. The third-order valence-electron chi connectivity index (χ3n) is 3.26. The van der Waals surface area contributed by atoms with Gasteiger partial charge in [0, 0.05) is 0 Å². The van der Waals surface area contributed by atoms with Gasteiger partial charge in [0.05, 0.1) is 11.9 Å². The van der Waals surface area contributed by atoms with Crippen LogP contribution in [0.15, 0.2) is 31.0 Å². The Morgan fingerprint density at radius 3 is 2.79 bits per heavy atom. The molecule has 19 heavy (non-hydrogen) atoms. The average Bonchev–Trinajstić information content (AvgIpc) is 2.90. The molecule has 3 rings (SSSR count). The van der Waals surface area contributed by atoms with E-state index in [0.717, 1.165) is 6.42 Å². The zero-order valence-electron chi connectivity index (χ0n) is 10.2. The molecule has 2 heterocycles. The fourth-order valence-corrected chi connectivity index (χ4v) is 1.91. The summed E-state index contributed by atoms with van der Waals surface area (Å²) in [6, 6.07) is 3.43. The fourth-order valence-electron chi connectivity index (χ4n) is 1.91. The van der Waals surface area contributed by atoms with E-state index < -0.39 is 5.60 Å². The molecule has 0 saturated heterocycles. The normalized spacial score (nSPS) is 16.7. The van der Waals surface area contributed by atoms with Gasteiger partial charge in [-0.1, -0.05) is 0 Å². The molecule has 2 aromatic heterocycles. The lowest BCUT2D eigenvalue weighted by molar-refractivity contribution is -0.142. The van der Waals surface area contributed by atoms with Gasteiger partial charge in [-0.05, 0) is 31.4 Å². The minimum Gasteiger partial charge on any atom is -0.380 e. The number of nitrogens with one attached hydrogen (secondary N) is 1. The molecule has 2 aromatic rings. The third kappa shape index (κ3) is 2.19. The summed E-state index contributed by atoms with van der Waals surface area (Å²) < 4.78 is 1.52. The van der Waals surface area contributed by atoms with Gasteiger partial charge in [-0.25, -0.2) is 14.6 Å². The van der Waals surface area contributed by atoms with E-state index >= 15 is 0 Å². The molecule has 1 amide bonds. The van der Waals surface area contributed by atoms with Crippen molar-refractivity contribution in [2.75, 3.05) is 5.32 Å². The number of hydrogen-bond acceptors (Lipinski definition) is 5. The number of anilines is 1. The molecule has 1 aliphatic rings. The Balaban J connectivity index is 1.71. The Bertz CT molecular complexity index is 575. The summed E-state index contributed by atoms with van der Waals surface area (Å²) in [4.78, 5) is 19.8. The van der Waals surface area contributed by atoms with Crippen LogP contribution in [0, 0.1) is 0 Å². The number of hydrogen-bond donors (Lipinski definition) is 2. The Morgan fingerprint density at radius 1 is 1.42 bits per heavy atom. The van der Waals surface area contributed by atoms with Gasteiger partial charge in [0.1, 0.15) is 18.3 Å². The summed E-state index contributed by atoms with van der Waals surface area (Å²) in [5, 5.41) is 16.5. The highest BCUT2D eigenvalue weighted by Crippen LogP contribution is 2.32. The van der Waals surface area contributed by atoms with Crippen molar-refractivity contribution >= 4 is 11.6 Å². The molecule has 0 aliphatic heterocycles. The van der Waals surface area contributed by atoms with Gasteiger partial charge in [0.2, 0.25) is 0 Å². The van der Waals surface area contributed by atoms with Crippen molar-refractivity contribution in [3.63, 3.8) is 0 Å². The second-order valence-corrected chi connectivity index (χ2v) is 4.58. The molecule has 7 heteroatoms. The van der Waals surface area contributed by atoms with Gasteiger partial charge < -0.3 is 10.4 Å². The van der Waals surface area contributed by atoms with E-state index in [1.165, 1.54) is 23.5 Å². The van der Waals surface area contributed by atoms with E-state index in [2.05, 4.69) is 20.4 Å². The zero-order valence-corrected chi connectivity index (χ0v) is 10.2. The number of nitrogens with zero attached hydrogens (tertiary/aromatic N) is 4. The smallest absolute Gasteiger partial charge is 0.256 e. The van der Waals surface area contributed by atoms with E-state index in [9.17, 15) is 9.90 Å². The van der Waals surface area contributed by atoms with E-state index in [1.807, 2.05) is 0 Å². The van der Waals surface area contributed by atoms with Gasteiger partial charge in [-0.3, -0.25) is 4.79 Å². The highest BCUT2D eigenvalue weighted by molar-refractivity contribution is 5.97. The summed E-state index contributed by atoms with van der Waals surface area (Å²) in [6.07, 6.45) is 6.40. The lowest BCUT2D eigenvalue weighted by atomic mass is 9.79. The van der Waals surface area contributed by atoms with Crippen LogP contribution in [0.25, 0.3) is 5.82 Å². The molecule has 0 atom stereocenters. The number of rotatable bonds is 3. The van der Waals surface area contributed by atoms with E-state index in [-0.39, 0.29) is 5.91 Å². The average molecular weight is 259 g/mol. The largest absolute Gasteiger partial charge is 0.380 e. The molecule has 1 fully saturated rings. The number of pyridine rings is 1. The first-order valence-electron chi connectivity index (χ1n) is 6.02. The minimum atomic E-state index is -1.20. The number of carbonyl (C=O) groups excluding carboxylic acids is 1. The Kier molecular flexibility index (Phi) is 2.75. The maximum absolute atomic E-state index is 11.8. The first kappa shape index (κ1) is 11.8. The van der Waals surface area contributed by atoms with Crippen LogP contribution >= 0.6 is 0 Å². The lowest BCUT2D eigenvalue weighted by Gasteiger charge is -2.34. The van der Waals surface area contributed by atoms with Gasteiger partial charge in [-0.15, -0.1) is 0 Å². The topological polar surface area (TPSA) is 92.9 Å². The summed E-state index contributed by atoms with van der Waals surface area (Å²) in [5.74, 6) is 0.243. The highest BCUT2D eigenvalue weighted by Gasteiger charge is 2.41. The van der Waals surface area contributed by atoms with Crippen LogP contribution in [0.3, 0.4) is 0 Å². The lowest BCUT2D eigenvalue weighted by Crippen LogP contribution is -2.48. The molecular weight excluding hydrogens is 246 g/mol. The van der Waals surface area contributed by atoms with E-state index in [1.54, 1.807) is 12.1 Å². The number of aliphatic hydroxyl groups is 1. The van der Waals surface area contributed by atoms with Crippen LogP contribution in [-0.2, 0) is 4.79 Å². The van der Waals surface area contributed by atoms with Crippen LogP contribution in [0.5, 0.6) is 0 Å². The van der Waals surface area contributed by atoms with Crippen molar-refractivity contribution in [1.29, 1.82) is 0 Å². The van der Waals surface area contributed by atoms with Crippen molar-refractivity contribution in [2.45, 2.75) is 24.9 Å². The molecule has 0 bridgehead atoms. The monoisotopic (exact) mass is 259 g/mol. The Hall–Kier alpha value is -2.28. The van der Waals surface area contributed by atoms with Gasteiger partial charge >= 0.3 is 0 Å². The number of amides is 1. The van der Waals surface area contributed by atoms with Gasteiger partial charge in [0.25, 0.3) is 5.91 Å². The molecule has 7 nitrogen and oxygen atoms in total. The zero-order chi connectivity index (χ0) is 13.3. The molecule has 1 saturated carbocycles. The quantitative estimate of drug-likeness (QED) is 0.838. The molecule has 0 spiro atoms. The van der Waals surface area contributed by atoms with Crippen molar-refractivity contribution in [3.8, 4) is 5.82 Å². The SMILES string of the molecule is O=C(Nc1ccc(-n2cncn2)nc1)C1(O)CCC1. The molecular formula is C12H13N5O2. The second kappa shape index (κ2) is 4.43. The first-order valence-corrected chi connectivity index (χ1v) is 6.02. The van der Waals surface area contributed by atoms with Gasteiger partial charge in [0.15, 0.2) is 5.82 Å². The summed E-state index contributed by atoms with van der Waals surface area (Å²) in [6.45, 7) is 0. The molecule has 98 valence electrons. The first-order chi connectivity index (χ1) is 9.17. The van der Waals surface area contributed by atoms with E-state index in [0.29, 0.717) is 24.3 Å². The Morgan fingerprint density at radius 2 is 2.26 bits per heavy atom. The second-order valence-electron chi connectivity index (χ2n) is 4.58. The third-order valence-corrected chi connectivity index (χ3v) is 3.26. The molecule has 0 unspecified atom stereocenters. The molecule has 1 aliphatic carbocycles. The maximum atomic E-state index is 11.8. The van der Waals surface area contributed by atoms with Crippen molar-refractivity contribution in [3.05, 3.63) is 31.0 Å². The minimum absolute atomic E-state index is 0.367. The van der Waals surface area contributed by atoms with E-state index in [4.69, 9.17) is 0 Å². The highest BCUT2D eigenvalue weighted by atomic mass is 16.3. The van der Waals surface area contributed by atoms with Crippen LogP contribution in [0.2, 0.25) is 0 Å². The summed E-state index contributed by atoms with van der Waals surface area (Å²) in [5.41, 5.74) is -0.654. The number of aromatic nitrogens is 4. The fraction of sp³-hybridized carbons (Fsp3) is 0.333. The molecule has 2 N–H and O–H groups in total. The van der Waals surface area contributed by atoms with Crippen molar-refractivity contribution < 1.29 is 9.90 Å². The maximum Gasteiger partial charge on any atom is 0.256 e. The van der Waals surface area contributed by atoms with Crippen LogP contribution in [0.4, 0.5) is 5.69 Å². The Labute approximate surface area is 109 Å². The molecule has 0 aromatic carbocycles. The summed E-state index contributed by atoms with van der Waals surface area (Å²) >= 11 is 0. The number of carbonyl (C=O) groups is 1. The standard InChI is InChI=1S/C12H13N5O2/c18-11(12(19)4-1-5-12)16-9-2-3-10(14-6-9)17-8-13-7-15-17/h2-3,6-8,19H,1,4-5H2,(H,16,18). The van der Waals surface area contributed by atoms with Crippen LogP contribution in [-0.4, -0.2) is 36.4 Å². The summed E-state index contributed by atoms with van der Waals surface area (Å²) in [7, 11) is 0. The van der Waals surface area contributed by atoms with Crippen molar-refractivity contribution in [2.24, 2.45) is 0 Å².